The van der Waals surface area contributed by atoms with E-state index in [0.717, 1.165) is 16.7 Å². The molecule has 2 aromatic rings. The Labute approximate surface area is 129 Å². The quantitative estimate of drug-likeness (QED) is 0.632. The SMILES string of the molecule is [2H]C([2H])([2H])c1nc2cc(F)cc(N)c2c(=O)n1[C@H]1CCC(=O)CC1=O. The molecule has 0 amide bonds. The summed E-state index contributed by atoms with van der Waals surface area (Å²) >= 11 is 0. The van der Waals surface area contributed by atoms with Crippen molar-refractivity contribution in [3.8, 4) is 0 Å². The van der Waals surface area contributed by atoms with Gasteiger partial charge in [-0.05, 0) is 19.3 Å². The first-order valence-corrected chi connectivity index (χ1v) is 6.65. The Morgan fingerprint density at radius 2 is 2.18 bits per heavy atom. The summed E-state index contributed by atoms with van der Waals surface area (Å²) in [6, 6.07) is 0.734. The maximum absolute atomic E-state index is 13.6. The van der Waals surface area contributed by atoms with Crippen LogP contribution in [-0.2, 0) is 9.59 Å². The molecule has 2 N–H and O–H groups in total. The highest BCUT2D eigenvalue weighted by molar-refractivity contribution is 6.03. The molecule has 22 heavy (non-hydrogen) atoms. The Kier molecular flexibility index (Phi) is 2.52. The van der Waals surface area contributed by atoms with Crippen molar-refractivity contribution in [2.75, 3.05) is 5.73 Å². The van der Waals surface area contributed by atoms with Gasteiger partial charge in [-0.1, -0.05) is 0 Å². The van der Waals surface area contributed by atoms with Gasteiger partial charge in [0.1, 0.15) is 17.4 Å². The summed E-state index contributed by atoms with van der Waals surface area (Å²) in [5.74, 6) is -2.20. The average molecular weight is 306 g/mol. The number of hydrogen-bond acceptors (Lipinski definition) is 5. The lowest BCUT2D eigenvalue weighted by atomic mass is 9.92. The van der Waals surface area contributed by atoms with Crippen molar-refractivity contribution in [1.82, 2.24) is 9.55 Å². The third-order valence-electron chi connectivity index (χ3n) is 3.75. The minimum absolute atomic E-state index is 0.00887. The number of carbonyl (C=O) groups is 2. The summed E-state index contributed by atoms with van der Waals surface area (Å²) in [5, 5.41) is -0.154. The van der Waals surface area contributed by atoms with E-state index in [1.165, 1.54) is 0 Å². The smallest absolute Gasteiger partial charge is 0.264 e. The highest BCUT2D eigenvalue weighted by Crippen LogP contribution is 2.25. The highest BCUT2D eigenvalue weighted by atomic mass is 19.1. The molecule has 7 heteroatoms. The van der Waals surface area contributed by atoms with Crippen molar-refractivity contribution >= 4 is 28.2 Å². The van der Waals surface area contributed by atoms with Crippen LogP contribution in [0.4, 0.5) is 10.1 Å². The minimum Gasteiger partial charge on any atom is -0.398 e. The van der Waals surface area contributed by atoms with Gasteiger partial charge in [0, 0.05) is 22.3 Å². The van der Waals surface area contributed by atoms with Gasteiger partial charge in [-0.2, -0.15) is 0 Å². The summed E-state index contributed by atoms with van der Waals surface area (Å²) in [7, 11) is 0. The van der Waals surface area contributed by atoms with E-state index in [9.17, 15) is 18.8 Å². The third-order valence-corrected chi connectivity index (χ3v) is 3.75. The molecule has 0 unspecified atom stereocenters. The Hall–Kier alpha value is -2.57. The molecule has 1 atom stereocenters. The molecule has 1 heterocycles. The minimum atomic E-state index is -2.81. The Bertz CT molecular complexity index is 968. The van der Waals surface area contributed by atoms with Crippen LogP contribution in [0.15, 0.2) is 16.9 Å². The maximum atomic E-state index is 13.6. The number of nitrogens with zero attached hydrogens (tertiary/aromatic N) is 2. The molecule has 114 valence electrons. The second-order valence-corrected chi connectivity index (χ2v) is 5.24. The molecule has 3 rings (SSSR count). The number of hydrogen-bond donors (Lipinski definition) is 1. The van der Waals surface area contributed by atoms with E-state index in [1.807, 2.05) is 0 Å². The summed E-state index contributed by atoms with van der Waals surface area (Å²) in [6.07, 6.45) is -0.302. The summed E-state index contributed by atoms with van der Waals surface area (Å²) in [4.78, 5) is 40.4. The highest BCUT2D eigenvalue weighted by Gasteiger charge is 2.30. The van der Waals surface area contributed by atoms with Crippen molar-refractivity contribution in [2.24, 2.45) is 0 Å². The largest absolute Gasteiger partial charge is 0.398 e. The normalized spacial score (nSPS) is 21.5. The molecule has 1 aromatic heterocycles. The van der Waals surface area contributed by atoms with E-state index >= 15 is 0 Å². The van der Waals surface area contributed by atoms with E-state index in [0.29, 0.717) is 0 Å². The second kappa shape index (κ2) is 5.01. The Morgan fingerprint density at radius 3 is 2.86 bits per heavy atom. The molecule has 0 saturated heterocycles. The molecular formula is C15H14FN3O3. The summed E-state index contributed by atoms with van der Waals surface area (Å²) in [6.45, 7) is -2.81. The van der Waals surface area contributed by atoms with Gasteiger partial charge in [-0.25, -0.2) is 9.37 Å². The number of aryl methyl sites for hydroxylation is 1. The van der Waals surface area contributed by atoms with E-state index in [-0.39, 0.29) is 41.6 Å². The zero-order valence-electron chi connectivity index (χ0n) is 14.4. The zero-order chi connectivity index (χ0) is 18.5. The van der Waals surface area contributed by atoms with Gasteiger partial charge in [0.15, 0.2) is 5.78 Å². The van der Waals surface area contributed by atoms with Gasteiger partial charge in [0.25, 0.3) is 5.56 Å². The molecule has 6 nitrogen and oxygen atoms in total. The number of rotatable bonds is 1. The lowest BCUT2D eigenvalue weighted by Gasteiger charge is -2.24. The van der Waals surface area contributed by atoms with Crippen molar-refractivity contribution in [2.45, 2.75) is 32.2 Å². The number of benzene rings is 1. The van der Waals surface area contributed by atoms with Crippen molar-refractivity contribution in [3.63, 3.8) is 0 Å². The predicted molar refractivity (Wildman–Crippen MR) is 78.0 cm³/mol. The van der Waals surface area contributed by atoms with Gasteiger partial charge in [-0.3, -0.25) is 19.0 Å². The van der Waals surface area contributed by atoms with Crippen LogP contribution in [0, 0.1) is 12.7 Å². The summed E-state index contributed by atoms with van der Waals surface area (Å²) in [5.41, 5.74) is 4.48. The van der Waals surface area contributed by atoms with Crippen LogP contribution >= 0.6 is 0 Å². The number of fused-ring (bicyclic) bond motifs is 1. The third kappa shape index (κ3) is 2.18. The van der Waals surface area contributed by atoms with Crippen LogP contribution in [-0.4, -0.2) is 21.1 Å². The lowest BCUT2D eigenvalue weighted by molar-refractivity contribution is -0.132. The Morgan fingerprint density at radius 1 is 1.41 bits per heavy atom. The number of nitrogens with two attached hydrogens (primary N) is 1. The fraction of sp³-hybridized carbons (Fsp3) is 0.333. The second-order valence-electron chi connectivity index (χ2n) is 5.24. The van der Waals surface area contributed by atoms with Crippen molar-refractivity contribution < 1.29 is 18.1 Å². The average Bonchev–Trinajstić information content (AvgIpc) is 2.46. The first kappa shape index (κ1) is 11.1. The van der Waals surface area contributed by atoms with Crippen molar-refractivity contribution in [1.29, 1.82) is 0 Å². The van der Waals surface area contributed by atoms with Crippen LogP contribution in [0.1, 0.15) is 35.2 Å². The fourth-order valence-electron chi connectivity index (χ4n) is 2.74. The topological polar surface area (TPSA) is 95.0 Å². The van der Waals surface area contributed by atoms with Gasteiger partial charge >= 0.3 is 0 Å². The molecule has 0 radical (unpaired) electrons. The molecule has 1 saturated carbocycles. The van der Waals surface area contributed by atoms with E-state index in [2.05, 4.69) is 4.98 Å². The molecule has 0 spiro atoms. The van der Waals surface area contributed by atoms with Crippen LogP contribution in [0.25, 0.3) is 10.9 Å². The number of nitrogen functional groups attached to an aromatic ring is 1. The molecule has 1 aliphatic carbocycles. The molecule has 1 aliphatic rings. The van der Waals surface area contributed by atoms with Crippen molar-refractivity contribution in [3.05, 3.63) is 34.1 Å². The standard InChI is InChI=1S/C15H14FN3O3/c1-7-18-11-5-8(16)4-10(17)14(11)15(22)19(7)12-3-2-9(20)6-13(12)21/h4-5,12H,2-3,6,17H2,1H3/t12-/m0/s1/i1D3. The fourth-order valence-corrected chi connectivity index (χ4v) is 2.74. The molecule has 1 aromatic carbocycles. The van der Waals surface area contributed by atoms with Gasteiger partial charge in [0.05, 0.1) is 23.4 Å². The predicted octanol–water partition coefficient (Wildman–Crippen LogP) is 1.29. The molecule has 1 fully saturated rings. The number of Topliss-reactive ketones (excluding diaryl/α,β-unsaturated/α-hetero) is 2. The van der Waals surface area contributed by atoms with E-state index < -0.39 is 35.9 Å². The number of aromatic nitrogens is 2. The lowest BCUT2D eigenvalue weighted by Crippen LogP contribution is -2.36. The van der Waals surface area contributed by atoms with E-state index in [1.54, 1.807) is 0 Å². The number of halogens is 1. The van der Waals surface area contributed by atoms with Crippen LogP contribution in [0.5, 0.6) is 0 Å². The monoisotopic (exact) mass is 306 g/mol. The number of anilines is 1. The number of ketones is 2. The van der Waals surface area contributed by atoms with Crippen LogP contribution < -0.4 is 11.3 Å². The molecule has 0 aliphatic heterocycles. The van der Waals surface area contributed by atoms with Crippen LogP contribution in [0.3, 0.4) is 0 Å². The first-order valence-electron chi connectivity index (χ1n) is 8.15. The van der Waals surface area contributed by atoms with Gasteiger partial charge in [-0.15, -0.1) is 0 Å². The molecular weight excluding hydrogens is 289 g/mol. The van der Waals surface area contributed by atoms with Crippen LogP contribution in [0.2, 0.25) is 0 Å². The number of carbonyl (C=O) groups excluding carboxylic acids is 2. The Balaban J connectivity index is 2.36. The maximum Gasteiger partial charge on any atom is 0.264 e. The first-order chi connectivity index (χ1) is 11.6. The van der Waals surface area contributed by atoms with Gasteiger partial charge < -0.3 is 5.73 Å². The van der Waals surface area contributed by atoms with Gasteiger partial charge in [0.2, 0.25) is 0 Å². The molecule has 0 bridgehead atoms. The van der Waals surface area contributed by atoms with E-state index in [4.69, 9.17) is 9.85 Å². The summed E-state index contributed by atoms with van der Waals surface area (Å²) < 4.78 is 37.2. The zero-order valence-corrected chi connectivity index (χ0v) is 11.4.